The fourth-order valence-electron chi connectivity index (χ4n) is 1.19. The molecule has 0 aliphatic carbocycles. The molecule has 0 saturated carbocycles. The molecule has 1 N–H and O–H groups in total. The molecule has 0 unspecified atom stereocenters. The molecular weight excluding hydrogens is 320 g/mol. The van der Waals surface area contributed by atoms with Crippen LogP contribution in [-0.2, 0) is 14.8 Å². The van der Waals surface area contributed by atoms with Gasteiger partial charge in [-0.1, -0.05) is 0 Å². The molecule has 0 spiro atoms. The van der Waals surface area contributed by atoms with E-state index in [0.29, 0.717) is 0 Å². The summed E-state index contributed by atoms with van der Waals surface area (Å²) < 4.78 is 94.3. The highest BCUT2D eigenvalue weighted by Crippen LogP contribution is 2.23. The number of carboxylic acid groups (broad SMARTS) is 1. The van der Waals surface area contributed by atoms with Crippen molar-refractivity contribution in [3.8, 4) is 0 Å². The molecule has 0 atom stereocenters. The van der Waals surface area contributed by atoms with E-state index >= 15 is 0 Å². The maximum Gasteiger partial charge on any atom is 0.402 e. The van der Waals surface area contributed by atoms with Crippen LogP contribution in [0, 0.1) is 0 Å². The van der Waals surface area contributed by atoms with E-state index < -0.39 is 64.3 Å². The van der Waals surface area contributed by atoms with Crippen molar-refractivity contribution in [3.63, 3.8) is 0 Å². The molecule has 0 aromatic heterocycles. The SMILES string of the molecule is O=C(O)CN(CC(F)(F)F)S(=O)(=O)CCCC(F)(F)F. The lowest BCUT2D eigenvalue weighted by atomic mass is 10.3. The standard InChI is InChI=1S/C8H11F6NO4S/c9-7(10,11)2-1-3-20(18,19)15(4-6(16)17)5-8(12,13)14/h1-5H2,(H,16,17). The Morgan fingerprint density at radius 2 is 1.55 bits per heavy atom. The Balaban J connectivity index is 4.82. The quantitative estimate of drug-likeness (QED) is 0.719. The lowest BCUT2D eigenvalue weighted by molar-refractivity contribution is -0.146. The molecule has 0 aliphatic rings. The van der Waals surface area contributed by atoms with Crippen LogP contribution in [0.25, 0.3) is 0 Å². The van der Waals surface area contributed by atoms with Crippen LogP contribution in [0.2, 0.25) is 0 Å². The van der Waals surface area contributed by atoms with Crippen LogP contribution in [0.5, 0.6) is 0 Å². The highest BCUT2D eigenvalue weighted by atomic mass is 32.2. The zero-order valence-electron chi connectivity index (χ0n) is 9.83. The van der Waals surface area contributed by atoms with Crippen LogP contribution in [0.3, 0.4) is 0 Å². The van der Waals surface area contributed by atoms with E-state index in [1.807, 2.05) is 0 Å². The Labute approximate surface area is 110 Å². The van der Waals surface area contributed by atoms with E-state index in [0.717, 1.165) is 0 Å². The average molecular weight is 331 g/mol. The number of hydrogen-bond donors (Lipinski definition) is 1. The number of nitrogens with zero attached hydrogens (tertiary/aromatic N) is 1. The minimum atomic E-state index is -4.99. The minimum absolute atomic E-state index is 0.397. The van der Waals surface area contributed by atoms with Crippen molar-refractivity contribution < 1.29 is 44.7 Å². The van der Waals surface area contributed by atoms with Crippen LogP contribution in [0.1, 0.15) is 12.8 Å². The zero-order chi connectivity index (χ0) is 16.2. The second-order valence-corrected chi connectivity index (χ2v) is 5.90. The van der Waals surface area contributed by atoms with Gasteiger partial charge in [0.1, 0.15) is 13.1 Å². The lowest BCUT2D eigenvalue weighted by Crippen LogP contribution is -2.43. The molecule has 0 rings (SSSR count). The van der Waals surface area contributed by atoms with Gasteiger partial charge in [0.25, 0.3) is 0 Å². The summed E-state index contributed by atoms with van der Waals surface area (Å²) in [5.74, 6) is -3.05. The molecule has 0 aromatic rings. The van der Waals surface area contributed by atoms with Crippen LogP contribution in [0.4, 0.5) is 26.3 Å². The van der Waals surface area contributed by atoms with Crippen molar-refractivity contribution in [1.82, 2.24) is 4.31 Å². The largest absolute Gasteiger partial charge is 0.480 e. The molecule has 0 saturated heterocycles. The van der Waals surface area contributed by atoms with Gasteiger partial charge < -0.3 is 5.11 Å². The molecule has 0 aromatic carbocycles. The lowest BCUT2D eigenvalue weighted by Gasteiger charge is -2.21. The third-order valence-corrected chi connectivity index (χ3v) is 3.77. The summed E-state index contributed by atoms with van der Waals surface area (Å²) in [6, 6.07) is 0. The van der Waals surface area contributed by atoms with Crippen molar-refractivity contribution in [2.24, 2.45) is 0 Å². The fraction of sp³-hybridized carbons (Fsp3) is 0.875. The summed E-state index contributed by atoms with van der Waals surface area (Å²) in [5, 5.41) is 8.35. The summed E-state index contributed by atoms with van der Waals surface area (Å²) in [6.45, 7) is -3.53. The molecule has 0 heterocycles. The summed E-state index contributed by atoms with van der Waals surface area (Å²) in [6.07, 6.45) is -12.1. The van der Waals surface area contributed by atoms with Gasteiger partial charge in [0, 0.05) is 6.42 Å². The van der Waals surface area contributed by atoms with Crippen molar-refractivity contribution in [3.05, 3.63) is 0 Å². The van der Waals surface area contributed by atoms with Crippen LogP contribution >= 0.6 is 0 Å². The minimum Gasteiger partial charge on any atom is -0.480 e. The molecule has 5 nitrogen and oxygen atoms in total. The second kappa shape index (κ2) is 6.61. The van der Waals surface area contributed by atoms with Gasteiger partial charge >= 0.3 is 18.3 Å². The predicted octanol–water partition coefficient (Wildman–Crippen LogP) is 1.61. The Hall–Kier alpha value is -1.04. The van der Waals surface area contributed by atoms with E-state index in [1.165, 1.54) is 0 Å². The average Bonchev–Trinajstić information content (AvgIpc) is 2.10. The normalized spacial score (nSPS) is 13.8. The van der Waals surface area contributed by atoms with Gasteiger partial charge in [0.2, 0.25) is 10.0 Å². The molecule has 0 amide bonds. The molecule has 20 heavy (non-hydrogen) atoms. The van der Waals surface area contributed by atoms with Gasteiger partial charge in [-0.3, -0.25) is 4.79 Å². The number of sulfonamides is 1. The highest BCUT2D eigenvalue weighted by molar-refractivity contribution is 7.89. The van der Waals surface area contributed by atoms with Gasteiger partial charge in [0.15, 0.2) is 0 Å². The first-order chi connectivity index (χ1) is 8.73. The van der Waals surface area contributed by atoms with E-state index in [9.17, 15) is 39.6 Å². The second-order valence-electron chi connectivity index (χ2n) is 3.81. The summed E-state index contributed by atoms with van der Waals surface area (Å²) in [7, 11) is -4.74. The molecule has 0 fully saturated rings. The zero-order valence-corrected chi connectivity index (χ0v) is 10.6. The molecule has 12 heteroatoms. The van der Waals surface area contributed by atoms with Gasteiger partial charge in [0.05, 0.1) is 5.75 Å². The molecule has 0 aliphatic heterocycles. The van der Waals surface area contributed by atoms with Crippen LogP contribution in [0.15, 0.2) is 0 Å². The Kier molecular flexibility index (Phi) is 6.26. The number of rotatable bonds is 7. The number of alkyl halides is 6. The monoisotopic (exact) mass is 331 g/mol. The first-order valence-electron chi connectivity index (χ1n) is 5.06. The molecule has 0 bridgehead atoms. The fourth-order valence-corrected chi connectivity index (χ4v) is 2.61. The summed E-state index contributed by atoms with van der Waals surface area (Å²) >= 11 is 0. The van der Waals surface area contributed by atoms with Crippen molar-refractivity contribution in [2.75, 3.05) is 18.8 Å². The van der Waals surface area contributed by atoms with Gasteiger partial charge in [-0.05, 0) is 6.42 Å². The number of halogens is 6. The van der Waals surface area contributed by atoms with Crippen molar-refractivity contribution in [2.45, 2.75) is 25.2 Å². The Morgan fingerprint density at radius 1 is 1.05 bits per heavy atom. The summed E-state index contributed by atoms with van der Waals surface area (Å²) in [5.41, 5.74) is 0. The van der Waals surface area contributed by atoms with Gasteiger partial charge in [-0.2, -0.15) is 30.6 Å². The van der Waals surface area contributed by atoms with E-state index in [-0.39, 0.29) is 0 Å². The first-order valence-corrected chi connectivity index (χ1v) is 6.67. The number of carbonyl (C=O) groups is 1. The van der Waals surface area contributed by atoms with E-state index in [2.05, 4.69) is 0 Å². The van der Waals surface area contributed by atoms with Crippen molar-refractivity contribution >= 4 is 16.0 Å². The number of hydrogen-bond acceptors (Lipinski definition) is 3. The van der Waals surface area contributed by atoms with E-state index in [4.69, 9.17) is 5.11 Å². The maximum absolute atomic E-state index is 12.1. The van der Waals surface area contributed by atoms with E-state index in [1.54, 1.807) is 0 Å². The number of aliphatic carboxylic acids is 1. The smallest absolute Gasteiger partial charge is 0.402 e. The molecule has 0 radical (unpaired) electrons. The topological polar surface area (TPSA) is 74.7 Å². The summed E-state index contributed by atoms with van der Waals surface area (Å²) in [4.78, 5) is 10.3. The van der Waals surface area contributed by atoms with Gasteiger partial charge in [-0.15, -0.1) is 0 Å². The Morgan fingerprint density at radius 3 is 1.90 bits per heavy atom. The van der Waals surface area contributed by atoms with Crippen LogP contribution < -0.4 is 0 Å². The third-order valence-electron chi connectivity index (χ3n) is 1.92. The van der Waals surface area contributed by atoms with Crippen molar-refractivity contribution in [1.29, 1.82) is 0 Å². The van der Waals surface area contributed by atoms with Crippen LogP contribution in [-0.4, -0.2) is 55.0 Å². The maximum atomic E-state index is 12.1. The molecule has 120 valence electrons. The third kappa shape index (κ3) is 8.96. The Bertz CT molecular complexity index is 429. The number of carboxylic acids is 1. The first kappa shape index (κ1) is 19.0. The highest BCUT2D eigenvalue weighted by Gasteiger charge is 2.37. The predicted molar refractivity (Wildman–Crippen MR) is 54.3 cm³/mol. The van der Waals surface area contributed by atoms with Gasteiger partial charge in [-0.25, -0.2) is 8.42 Å². The molecular formula is C8H11F6NO4S.